The minimum Gasteiger partial charge on any atom is -0.494 e. The molecule has 1 rings (SSSR count). The Kier molecular flexibility index (Phi) is 6.69. The number of benzene rings is 1. The quantitative estimate of drug-likeness (QED) is 0.760. The Hall–Kier alpha value is -1.55. The third kappa shape index (κ3) is 7.14. The van der Waals surface area contributed by atoms with Gasteiger partial charge >= 0.3 is 0 Å². The molecule has 0 spiro atoms. The van der Waals surface area contributed by atoms with Gasteiger partial charge in [-0.15, -0.1) is 0 Å². The first-order valence-corrected chi connectivity index (χ1v) is 7.43. The first kappa shape index (κ1) is 17.5. The van der Waals surface area contributed by atoms with Crippen LogP contribution in [0, 0.1) is 12.3 Å². The molecule has 0 saturated heterocycles. The molecule has 0 aliphatic rings. The standard InChI is InChI=1S/C17H27NO3/c1-13-7-5-8-14(11-13)21-10-6-9-16(20)18-12-15(19)17(2,3)4/h5,7-8,11,15,19H,6,9-10,12H2,1-4H3,(H,18,20). The summed E-state index contributed by atoms with van der Waals surface area (Å²) < 4.78 is 5.59. The Bertz CT molecular complexity index is 452. The summed E-state index contributed by atoms with van der Waals surface area (Å²) in [4.78, 5) is 11.7. The van der Waals surface area contributed by atoms with E-state index in [1.165, 1.54) is 0 Å². The minimum absolute atomic E-state index is 0.0499. The lowest BCUT2D eigenvalue weighted by Gasteiger charge is -2.25. The molecule has 1 atom stereocenters. The predicted octanol–water partition coefficient (Wildman–Crippen LogP) is 2.68. The molecule has 0 bridgehead atoms. The maximum atomic E-state index is 11.7. The topological polar surface area (TPSA) is 58.6 Å². The molecule has 4 nitrogen and oxygen atoms in total. The Labute approximate surface area is 127 Å². The average Bonchev–Trinajstić information content (AvgIpc) is 2.40. The lowest BCUT2D eigenvalue weighted by Crippen LogP contribution is -2.39. The summed E-state index contributed by atoms with van der Waals surface area (Å²) in [7, 11) is 0. The van der Waals surface area contributed by atoms with E-state index in [2.05, 4.69) is 5.32 Å². The lowest BCUT2D eigenvalue weighted by atomic mass is 9.89. The van der Waals surface area contributed by atoms with E-state index in [0.717, 1.165) is 11.3 Å². The molecule has 21 heavy (non-hydrogen) atoms. The Balaban J connectivity index is 2.16. The summed E-state index contributed by atoms with van der Waals surface area (Å²) in [5.74, 6) is 0.782. The molecule has 1 aromatic carbocycles. The predicted molar refractivity (Wildman–Crippen MR) is 84.4 cm³/mol. The summed E-state index contributed by atoms with van der Waals surface area (Å²) in [5, 5.41) is 12.6. The van der Waals surface area contributed by atoms with Crippen molar-refractivity contribution in [3.63, 3.8) is 0 Å². The summed E-state index contributed by atoms with van der Waals surface area (Å²) in [6.07, 6.45) is 0.527. The van der Waals surface area contributed by atoms with Gasteiger partial charge in [0.25, 0.3) is 0 Å². The largest absolute Gasteiger partial charge is 0.494 e. The fourth-order valence-electron chi connectivity index (χ4n) is 1.73. The highest BCUT2D eigenvalue weighted by atomic mass is 16.5. The van der Waals surface area contributed by atoms with Crippen LogP contribution in [0.3, 0.4) is 0 Å². The van der Waals surface area contributed by atoms with Gasteiger partial charge < -0.3 is 15.2 Å². The van der Waals surface area contributed by atoms with E-state index in [-0.39, 0.29) is 11.3 Å². The van der Waals surface area contributed by atoms with Gasteiger partial charge in [0.15, 0.2) is 0 Å². The van der Waals surface area contributed by atoms with Crippen molar-refractivity contribution in [3.05, 3.63) is 29.8 Å². The first-order chi connectivity index (χ1) is 9.79. The third-order valence-electron chi connectivity index (χ3n) is 3.30. The zero-order chi connectivity index (χ0) is 15.9. The fourth-order valence-corrected chi connectivity index (χ4v) is 1.73. The smallest absolute Gasteiger partial charge is 0.220 e. The third-order valence-corrected chi connectivity index (χ3v) is 3.30. The van der Waals surface area contributed by atoms with E-state index in [1.54, 1.807) is 0 Å². The van der Waals surface area contributed by atoms with Crippen molar-refractivity contribution >= 4 is 5.91 Å². The second-order valence-corrected chi connectivity index (χ2v) is 6.45. The van der Waals surface area contributed by atoms with E-state index < -0.39 is 6.10 Å². The molecule has 2 N–H and O–H groups in total. The van der Waals surface area contributed by atoms with Gasteiger partial charge in [0.2, 0.25) is 5.91 Å². The highest BCUT2D eigenvalue weighted by Crippen LogP contribution is 2.18. The van der Waals surface area contributed by atoms with Crippen molar-refractivity contribution in [3.8, 4) is 5.75 Å². The van der Waals surface area contributed by atoms with Crippen molar-refractivity contribution in [1.29, 1.82) is 0 Å². The van der Waals surface area contributed by atoms with Gasteiger partial charge in [-0.2, -0.15) is 0 Å². The molecular weight excluding hydrogens is 266 g/mol. The van der Waals surface area contributed by atoms with Crippen LogP contribution in [0.25, 0.3) is 0 Å². The zero-order valence-electron chi connectivity index (χ0n) is 13.5. The number of rotatable bonds is 7. The van der Waals surface area contributed by atoms with Gasteiger partial charge in [0.1, 0.15) is 5.75 Å². The Morgan fingerprint density at radius 2 is 2.10 bits per heavy atom. The van der Waals surface area contributed by atoms with Gasteiger partial charge in [0, 0.05) is 13.0 Å². The number of nitrogens with one attached hydrogen (secondary N) is 1. The van der Waals surface area contributed by atoms with Gasteiger partial charge in [-0.25, -0.2) is 0 Å². The van der Waals surface area contributed by atoms with Crippen molar-refractivity contribution in [2.75, 3.05) is 13.2 Å². The van der Waals surface area contributed by atoms with Gasteiger partial charge in [-0.3, -0.25) is 4.79 Å². The van der Waals surface area contributed by atoms with Crippen LogP contribution in [0.5, 0.6) is 5.75 Å². The van der Waals surface area contributed by atoms with E-state index in [9.17, 15) is 9.90 Å². The van der Waals surface area contributed by atoms with Crippen molar-refractivity contribution in [2.45, 2.75) is 46.6 Å². The molecule has 1 unspecified atom stereocenters. The number of hydrogen-bond acceptors (Lipinski definition) is 3. The van der Waals surface area contributed by atoms with Gasteiger partial charge in [-0.1, -0.05) is 32.9 Å². The number of hydrogen-bond donors (Lipinski definition) is 2. The summed E-state index contributed by atoms with van der Waals surface area (Å²) in [6, 6.07) is 7.85. The molecular formula is C17H27NO3. The van der Waals surface area contributed by atoms with Crippen LogP contribution in [0.15, 0.2) is 24.3 Å². The normalized spacial score (nSPS) is 12.8. The highest BCUT2D eigenvalue weighted by Gasteiger charge is 2.22. The molecule has 1 aromatic rings. The number of carbonyl (C=O) groups excluding carboxylic acids is 1. The molecule has 0 fully saturated rings. The number of carbonyl (C=O) groups is 1. The van der Waals surface area contributed by atoms with Gasteiger partial charge in [0.05, 0.1) is 12.7 Å². The molecule has 0 aromatic heterocycles. The number of ether oxygens (including phenoxy) is 1. The Morgan fingerprint density at radius 3 is 2.71 bits per heavy atom. The lowest BCUT2D eigenvalue weighted by molar-refractivity contribution is -0.122. The molecule has 0 aliphatic carbocycles. The average molecular weight is 293 g/mol. The van der Waals surface area contributed by atoms with E-state index >= 15 is 0 Å². The van der Waals surface area contributed by atoms with Crippen LogP contribution in [0.1, 0.15) is 39.2 Å². The maximum absolute atomic E-state index is 11.7. The Morgan fingerprint density at radius 1 is 1.38 bits per heavy atom. The van der Waals surface area contributed by atoms with Crippen molar-refractivity contribution in [2.24, 2.45) is 5.41 Å². The molecule has 0 aliphatic heterocycles. The second kappa shape index (κ2) is 8.03. The van der Waals surface area contributed by atoms with E-state index in [4.69, 9.17) is 4.74 Å². The van der Waals surface area contributed by atoms with Crippen molar-refractivity contribution in [1.82, 2.24) is 5.32 Å². The van der Waals surface area contributed by atoms with Crippen LogP contribution in [-0.2, 0) is 4.79 Å². The second-order valence-electron chi connectivity index (χ2n) is 6.45. The fraction of sp³-hybridized carbons (Fsp3) is 0.588. The minimum atomic E-state index is -0.537. The van der Waals surface area contributed by atoms with Crippen LogP contribution >= 0.6 is 0 Å². The molecule has 118 valence electrons. The van der Waals surface area contributed by atoms with Crippen molar-refractivity contribution < 1.29 is 14.6 Å². The number of aliphatic hydroxyl groups excluding tert-OH is 1. The van der Waals surface area contributed by atoms with E-state index in [1.807, 2.05) is 52.0 Å². The molecule has 0 heterocycles. The summed E-state index contributed by atoms with van der Waals surface area (Å²) in [6.45, 7) is 8.65. The monoisotopic (exact) mass is 293 g/mol. The van der Waals surface area contributed by atoms with Crippen LogP contribution in [0.4, 0.5) is 0 Å². The maximum Gasteiger partial charge on any atom is 0.220 e. The summed E-state index contributed by atoms with van der Waals surface area (Å²) >= 11 is 0. The highest BCUT2D eigenvalue weighted by molar-refractivity contribution is 5.75. The number of aliphatic hydroxyl groups is 1. The van der Waals surface area contributed by atoms with Crippen LogP contribution in [0.2, 0.25) is 0 Å². The number of aryl methyl sites for hydroxylation is 1. The molecule has 0 saturated carbocycles. The zero-order valence-corrected chi connectivity index (χ0v) is 13.5. The first-order valence-electron chi connectivity index (χ1n) is 7.43. The molecule has 0 radical (unpaired) electrons. The SMILES string of the molecule is Cc1cccc(OCCCC(=O)NCC(O)C(C)(C)C)c1. The molecule has 4 heteroatoms. The molecule has 1 amide bonds. The summed E-state index contributed by atoms with van der Waals surface area (Å²) in [5.41, 5.74) is 0.933. The van der Waals surface area contributed by atoms with Gasteiger partial charge in [-0.05, 0) is 36.5 Å². The van der Waals surface area contributed by atoms with Crippen LogP contribution in [-0.4, -0.2) is 30.3 Å². The number of amides is 1. The van der Waals surface area contributed by atoms with E-state index in [0.29, 0.717) is 26.0 Å². The van der Waals surface area contributed by atoms with Crippen LogP contribution < -0.4 is 10.1 Å².